The first-order valence-electron chi connectivity index (χ1n) is 7.27. The number of hydrogen-bond acceptors (Lipinski definition) is 3. The van der Waals surface area contributed by atoms with E-state index in [1.54, 1.807) is 23.6 Å². The van der Waals surface area contributed by atoms with Crippen molar-refractivity contribution >= 4 is 28.1 Å². The molecule has 0 aliphatic rings. The van der Waals surface area contributed by atoms with E-state index in [0.717, 1.165) is 10.3 Å². The summed E-state index contributed by atoms with van der Waals surface area (Å²) >= 11 is 1.59. The van der Waals surface area contributed by atoms with Crippen LogP contribution >= 0.6 is 11.3 Å². The van der Waals surface area contributed by atoms with Gasteiger partial charge in [0.2, 0.25) is 5.91 Å². The van der Waals surface area contributed by atoms with Crippen LogP contribution in [0.2, 0.25) is 0 Å². The van der Waals surface area contributed by atoms with Crippen molar-refractivity contribution in [3.05, 3.63) is 69.9 Å². The van der Waals surface area contributed by atoms with Gasteiger partial charge in [-0.05, 0) is 23.6 Å². The topological polar surface area (TPSA) is 56.0 Å². The Morgan fingerprint density at radius 3 is 2.74 bits per heavy atom. The molecular weight excluding hydrogens is 310 g/mol. The van der Waals surface area contributed by atoms with Gasteiger partial charge in [-0.1, -0.05) is 12.1 Å². The minimum atomic E-state index is -0.179. The Hall–Kier alpha value is -2.60. The number of thiophene rings is 1. The van der Waals surface area contributed by atoms with Gasteiger partial charge < -0.3 is 14.5 Å². The number of amides is 1. The average molecular weight is 327 g/mol. The van der Waals surface area contributed by atoms with Gasteiger partial charge in [0, 0.05) is 29.2 Å². The van der Waals surface area contributed by atoms with Gasteiger partial charge in [0.15, 0.2) is 0 Å². The highest BCUT2D eigenvalue weighted by Gasteiger charge is 2.10. The monoisotopic (exact) mass is 327 g/mol. The molecule has 0 aliphatic heterocycles. The van der Waals surface area contributed by atoms with Gasteiger partial charge in [-0.25, -0.2) is 0 Å². The molecule has 0 spiro atoms. The van der Waals surface area contributed by atoms with Crippen LogP contribution in [0.1, 0.15) is 4.88 Å². The Balaban J connectivity index is 1.78. The molecule has 3 aromatic rings. The zero-order valence-electron chi connectivity index (χ0n) is 12.6. The fourth-order valence-corrected chi connectivity index (χ4v) is 3.11. The summed E-state index contributed by atoms with van der Waals surface area (Å²) in [7, 11) is 0. The summed E-state index contributed by atoms with van der Waals surface area (Å²) in [5, 5.41) is 5.66. The number of aromatic nitrogens is 2. The Morgan fingerprint density at radius 2 is 2.04 bits per heavy atom. The fraction of sp³-hybridized carbons (Fsp3) is 0.176. The number of nitrogens with one attached hydrogen (secondary N) is 1. The molecule has 5 nitrogen and oxygen atoms in total. The van der Waals surface area contributed by atoms with Gasteiger partial charge in [0.1, 0.15) is 12.1 Å². The van der Waals surface area contributed by atoms with Crippen molar-refractivity contribution in [3.8, 4) is 0 Å². The van der Waals surface area contributed by atoms with Crippen LogP contribution in [-0.4, -0.2) is 15.0 Å². The molecule has 3 rings (SSSR count). The minimum Gasteiger partial charge on any atom is -0.350 e. The Bertz CT molecular complexity index is 890. The van der Waals surface area contributed by atoms with Crippen molar-refractivity contribution in [2.75, 3.05) is 0 Å². The van der Waals surface area contributed by atoms with Crippen molar-refractivity contribution < 1.29 is 4.79 Å². The van der Waals surface area contributed by atoms with E-state index in [0.29, 0.717) is 18.6 Å². The summed E-state index contributed by atoms with van der Waals surface area (Å²) in [6, 6.07) is 7.65. The lowest BCUT2D eigenvalue weighted by molar-refractivity contribution is -0.121. The van der Waals surface area contributed by atoms with E-state index in [4.69, 9.17) is 0 Å². The van der Waals surface area contributed by atoms with Gasteiger partial charge in [-0.3, -0.25) is 9.59 Å². The van der Waals surface area contributed by atoms with E-state index in [1.165, 1.54) is 4.57 Å². The fourth-order valence-electron chi connectivity index (χ4n) is 2.47. The number of carbonyl (C=O) groups excluding carboxylic acids is 1. The summed E-state index contributed by atoms with van der Waals surface area (Å²) in [6.07, 6.45) is 5.26. The summed E-state index contributed by atoms with van der Waals surface area (Å²) in [5.41, 5.74) is 0.430. The Morgan fingerprint density at radius 1 is 1.26 bits per heavy atom. The smallest absolute Gasteiger partial charge is 0.275 e. The third-order valence-corrected chi connectivity index (χ3v) is 4.45. The van der Waals surface area contributed by atoms with Crippen LogP contribution in [0, 0.1) is 0 Å². The summed E-state index contributed by atoms with van der Waals surface area (Å²) in [5.74, 6) is -0.179. The molecule has 1 N–H and O–H groups in total. The maximum absolute atomic E-state index is 12.6. The van der Waals surface area contributed by atoms with Crippen molar-refractivity contribution in [1.82, 2.24) is 14.5 Å². The average Bonchev–Trinajstić information content (AvgIpc) is 3.18. The van der Waals surface area contributed by atoms with Crippen molar-refractivity contribution in [1.29, 1.82) is 0 Å². The second-order valence-corrected chi connectivity index (χ2v) is 6.20. The highest BCUT2D eigenvalue weighted by atomic mass is 32.1. The molecule has 3 heterocycles. The van der Waals surface area contributed by atoms with Gasteiger partial charge >= 0.3 is 0 Å². The van der Waals surface area contributed by atoms with Gasteiger partial charge in [-0.2, -0.15) is 0 Å². The van der Waals surface area contributed by atoms with E-state index in [2.05, 4.69) is 11.9 Å². The molecular formula is C17H17N3O2S. The molecule has 6 heteroatoms. The Kier molecular flexibility index (Phi) is 4.43. The molecule has 0 radical (unpaired) electrons. The second kappa shape index (κ2) is 6.66. The summed E-state index contributed by atoms with van der Waals surface area (Å²) in [4.78, 5) is 25.7. The van der Waals surface area contributed by atoms with Crippen molar-refractivity contribution in [2.24, 2.45) is 0 Å². The van der Waals surface area contributed by atoms with Gasteiger partial charge in [-0.15, -0.1) is 17.9 Å². The van der Waals surface area contributed by atoms with E-state index >= 15 is 0 Å². The van der Waals surface area contributed by atoms with Crippen molar-refractivity contribution in [2.45, 2.75) is 19.6 Å². The highest BCUT2D eigenvalue weighted by Crippen LogP contribution is 2.11. The first-order valence-corrected chi connectivity index (χ1v) is 8.15. The minimum absolute atomic E-state index is 0.0133. The molecule has 0 aromatic carbocycles. The molecule has 0 saturated heterocycles. The zero-order valence-corrected chi connectivity index (χ0v) is 13.4. The van der Waals surface area contributed by atoms with Crippen LogP contribution in [0.15, 0.2) is 59.5 Å². The predicted octanol–water partition coefficient (Wildman–Crippen LogP) is 2.37. The van der Waals surface area contributed by atoms with E-state index < -0.39 is 0 Å². The maximum atomic E-state index is 12.6. The summed E-state index contributed by atoms with van der Waals surface area (Å²) in [6.45, 7) is 4.76. The number of pyridine rings is 1. The van der Waals surface area contributed by atoms with E-state index in [9.17, 15) is 9.59 Å². The normalized spacial score (nSPS) is 10.8. The third kappa shape index (κ3) is 3.27. The number of hydrogen-bond donors (Lipinski definition) is 1. The van der Waals surface area contributed by atoms with E-state index in [1.807, 2.05) is 40.4 Å². The van der Waals surface area contributed by atoms with Gasteiger partial charge in [0.05, 0.1) is 6.54 Å². The largest absolute Gasteiger partial charge is 0.350 e. The van der Waals surface area contributed by atoms with Crippen LogP contribution < -0.4 is 10.9 Å². The molecule has 23 heavy (non-hydrogen) atoms. The molecule has 0 aliphatic carbocycles. The first-order chi connectivity index (χ1) is 11.2. The predicted molar refractivity (Wildman–Crippen MR) is 92.6 cm³/mol. The molecule has 3 aromatic heterocycles. The van der Waals surface area contributed by atoms with Crippen LogP contribution in [0.4, 0.5) is 0 Å². The SMILES string of the molecule is C=CCn1ccc2ccn(CC(=O)NCc3cccs3)c(=O)c21. The van der Waals surface area contributed by atoms with Crippen molar-refractivity contribution in [3.63, 3.8) is 0 Å². The number of carbonyl (C=O) groups is 1. The van der Waals surface area contributed by atoms with E-state index in [-0.39, 0.29) is 18.0 Å². The molecule has 0 atom stereocenters. The quantitative estimate of drug-likeness (QED) is 0.707. The maximum Gasteiger partial charge on any atom is 0.275 e. The summed E-state index contributed by atoms with van der Waals surface area (Å²) < 4.78 is 3.27. The number of fused-ring (bicyclic) bond motifs is 1. The number of nitrogens with zero attached hydrogens (tertiary/aromatic N) is 2. The number of rotatable bonds is 6. The van der Waals surface area contributed by atoms with Crippen LogP contribution in [0.25, 0.3) is 10.9 Å². The van der Waals surface area contributed by atoms with Crippen LogP contribution in [-0.2, 0) is 24.4 Å². The molecule has 0 bridgehead atoms. The second-order valence-electron chi connectivity index (χ2n) is 5.17. The molecule has 0 fully saturated rings. The highest BCUT2D eigenvalue weighted by molar-refractivity contribution is 7.09. The standard InChI is InChI=1S/C17H17N3O2S/c1-2-7-19-8-5-13-6-9-20(17(22)16(13)19)12-15(21)18-11-14-4-3-10-23-14/h2-6,8-10H,1,7,11-12H2,(H,18,21). The molecule has 118 valence electrons. The van der Waals surface area contributed by atoms with Gasteiger partial charge in [0.25, 0.3) is 5.56 Å². The first kappa shape index (κ1) is 15.3. The molecule has 0 saturated carbocycles. The number of allylic oxidation sites excluding steroid dienone is 1. The Labute approximate surface area is 137 Å². The lowest BCUT2D eigenvalue weighted by Gasteiger charge is -2.08. The third-order valence-electron chi connectivity index (χ3n) is 3.57. The lowest BCUT2D eigenvalue weighted by Crippen LogP contribution is -2.32. The van der Waals surface area contributed by atoms with Crippen LogP contribution in [0.5, 0.6) is 0 Å². The lowest BCUT2D eigenvalue weighted by atomic mass is 10.3. The molecule has 0 unspecified atom stereocenters. The zero-order chi connectivity index (χ0) is 16.2. The molecule has 1 amide bonds. The van der Waals surface area contributed by atoms with Crippen LogP contribution in [0.3, 0.4) is 0 Å².